The van der Waals surface area contributed by atoms with E-state index in [1.54, 1.807) is 6.07 Å². The average molecular weight is 266 g/mol. The van der Waals surface area contributed by atoms with Gasteiger partial charge in [0, 0.05) is 5.33 Å². The zero-order chi connectivity index (χ0) is 8.97. The van der Waals surface area contributed by atoms with E-state index in [0.717, 1.165) is 10.9 Å². The molecule has 0 aromatic heterocycles. The Kier molecular flexibility index (Phi) is 4.13. The molecule has 0 aliphatic carbocycles. The van der Waals surface area contributed by atoms with Gasteiger partial charge in [-0.2, -0.15) is 0 Å². The molecule has 1 aromatic carbocycles. The van der Waals surface area contributed by atoms with Crippen molar-refractivity contribution in [3.8, 4) is 0 Å². The topological polar surface area (TPSA) is 0 Å². The van der Waals surface area contributed by atoms with Crippen molar-refractivity contribution in [3.63, 3.8) is 0 Å². The molecule has 0 fully saturated rings. The Morgan fingerprint density at radius 3 is 2.75 bits per heavy atom. The van der Waals surface area contributed by atoms with E-state index in [0.29, 0.717) is 10.0 Å². The standard InChI is InChI=1S/C9H7BrCl2/c10-6-2-4-7-3-1-5-8(11)9(7)12/h1-5H,6H2. The Bertz CT molecular complexity index is 295. The van der Waals surface area contributed by atoms with E-state index in [1.165, 1.54) is 0 Å². The molecule has 0 spiro atoms. The molecule has 0 nitrogen and oxygen atoms in total. The number of hydrogen-bond donors (Lipinski definition) is 0. The summed E-state index contributed by atoms with van der Waals surface area (Å²) in [7, 11) is 0. The summed E-state index contributed by atoms with van der Waals surface area (Å²) in [6.45, 7) is 0. The highest BCUT2D eigenvalue weighted by Gasteiger charge is 1.99. The fraction of sp³-hybridized carbons (Fsp3) is 0.111. The second-order valence-corrected chi connectivity index (χ2v) is 3.63. The number of benzene rings is 1. The molecule has 1 rings (SSSR count). The number of allylic oxidation sites excluding steroid dienone is 1. The summed E-state index contributed by atoms with van der Waals surface area (Å²) in [5.74, 6) is 0. The first-order valence-electron chi connectivity index (χ1n) is 3.42. The average Bonchev–Trinajstić information content (AvgIpc) is 2.08. The van der Waals surface area contributed by atoms with Crippen molar-refractivity contribution >= 4 is 45.2 Å². The molecule has 0 unspecified atom stereocenters. The lowest BCUT2D eigenvalue weighted by Crippen LogP contribution is -1.75. The predicted octanol–water partition coefficient (Wildman–Crippen LogP) is 4.40. The van der Waals surface area contributed by atoms with Crippen LogP contribution in [0.1, 0.15) is 5.56 Å². The first kappa shape index (κ1) is 10.1. The summed E-state index contributed by atoms with van der Waals surface area (Å²) in [4.78, 5) is 0. The van der Waals surface area contributed by atoms with Gasteiger partial charge in [0.25, 0.3) is 0 Å². The third kappa shape index (κ3) is 2.51. The third-order valence-electron chi connectivity index (χ3n) is 1.37. The van der Waals surface area contributed by atoms with Gasteiger partial charge in [-0.05, 0) is 11.6 Å². The molecule has 0 aliphatic rings. The summed E-state index contributed by atoms with van der Waals surface area (Å²) in [5.41, 5.74) is 0.948. The van der Waals surface area contributed by atoms with Gasteiger partial charge in [0.15, 0.2) is 0 Å². The van der Waals surface area contributed by atoms with Crippen molar-refractivity contribution in [2.24, 2.45) is 0 Å². The van der Waals surface area contributed by atoms with Crippen molar-refractivity contribution in [2.45, 2.75) is 0 Å². The Morgan fingerprint density at radius 1 is 1.33 bits per heavy atom. The van der Waals surface area contributed by atoms with E-state index >= 15 is 0 Å². The maximum absolute atomic E-state index is 5.93. The quantitative estimate of drug-likeness (QED) is 0.696. The van der Waals surface area contributed by atoms with Crippen LogP contribution in [0.5, 0.6) is 0 Å². The van der Waals surface area contributed by atoms with E-state index in [2.05, 4.69) is 15.9 Å². The van der Waals surface area contributed by atoms with Gasteiger partial charge in [0.05, 0.1) is 10.0 Å². The highest BCUT2D eigenvalue weighted by molar-refractivity contribution is 9.09. The number of hydrogen-bond acceptors (Lipinski definition) is 0. The van der Waals surface area contributed by atoms with E-state index in [-0.39, 0.29) is 0 Å². The molecule has 0 atom stereocenters. The molecule has 0 radical (unpaired) electrons. The van der Waals surface area contributed by atoms with Crippen LogP contribution in [-0.2, 0) is 0 Å². The maximum Gasteiger partial charge on any atom is 0.0664 e. The monoisotopic (exact) mass is 264 g/mol. The van der Waals surface area contributed by atoms with Gasteiger partial charge in [-0.25, -0.2) is 0 Å². The molecule has 1 aromatic rings. The van der Waals surface area contributed by atoms with E-state index in [1.807, 2.05) is 24.3 Å². The highest BCUT2D eigenvalue weighted by Crippen LogP contribution is 2.26. The lowest BCUT2D eigenvalue weighted by molar-refractivity contribution is 1.64. The summed E-state index contributed by atoms with van der Waals surface area (Å²) in [5, 5.41) is 2.01. The number of halogens is 3. The Hall–Kier alpha value is 0.0200. The third-order valence-corrected chi connectivity index (χ3v) is 2.58. The highest BCUT2D eigenvalue weighted by atomic mass is 79.9. The Morgan fingerprint density at radius 2 is 2.08 bits per heavy atom. The van der Waals surface area contributed by atoms with Gasteiger partial charge in [-0.15, -0.1) is 0 Å². The molecule has 12 heavy (non-hydrogen) atoms. The zero-order valence-electron chi connectivity index (χ0n) is 6.23. The Labute approximate surface area is 90.3 Å². The first-order chi connectivity index (χ1) is 5.75. The van der Waals surface area contributed by atoms with Crippen LogP contribution in [-0.4, -0.2) is 5.33 Å². The van der Waals surface area contributed by atoms with E-state index in [4.69, 9.17) is 23.2 Å². The van der Waals surface area contributed by atoms with Gasteiger partial charge >= 0.3 is 0 Å². The zero-order valence-corrected chi connectivity index (χ0v) is 9.33. The van der Waals surface area contributed by atoms with Crippen LogP contribution in [0.2, 0.25) is 10.0 Å². The molecule has 0 bridgehead atoms. The fourth-order valence-corrected chi connectivity index (χ4v) is 1.38. The minimum Gasteiger partial charge on any atom is -0.0883 e. The first-order valence-corrected chi connectivity index (χ1v) is 5.30. The van der Waals surface area contributed by atoms with Gasteiger partial charge < -0.3 is 0 Å². The van der Waals surface area contributed by atoms with Crippen LogP contribution < -0.4 is 0 Å². The molecule has 0 amide bonds. The van der Waals surface area contributed by atoms with E-state index < -0.39 is 0 Å². The molecule has 0 heterocycles. The van der Waals surface area contributed by atoms with Crippen LogP contribution in [0, 0.1) is 0 Å². The lowest BCUT2D eigenvalue weighted by Gasteiger charge is -1.98. The summed E-state index contributed by atoms with van der Waals surface area (Å²) in [6.07, 6.45) is 3.90. The van der Waals surface area contributed by atoms with E-state index in [9.17, 15) is 0 Å². The van der Waals surface area contributed by atoms with Crippen molar-refractivity contribution in [1.82, 2.24) is 0 Å². The summed E-state index contributed by atoms with van der Waals surface area (Å²) >= 11 is 15.0. The largest absolute Gasteiger partial charge is 0.0883 e. The molecular formula is C9H7BrCl2. The van der Waals surface area contributed by atoms with Crippen LogP contribution in [0.3, 0.4) is 0 Å². The maximum atomic E-state index is 5.93. The molecular weight excluding hydrogens is 259 g/mol. The van der Waals surface area contributed by atoms with Gasteiger partial charge in [0.1, 0.15) is 0 Å². The minimum atomic E-state index is 0.591. The molecule has 0 N–H and O–H groups in total. The predicted molar refractivity (Wildman–Crippen MR) is 59.3 cm³/mol. The number of alkyl halides is 1. The molecule has 3 heteroatoms. The van der Waals surface area contributed by atoms with Crippen molar-refractivity contribution < 1.29 is 0 Å². The second kappa shape index (κ2) is 4.90. The van der Waals surface area contributed by atoms with Gasteiger partial charge in [-0.1, -0.05) is 63.4 Å². The van der Waals surface area contributed by atoms with Gasteiger partial charge in [0.2, 0.25) is 0 Å². The van der Waals surface area contributed by atoms with Crippen LogP contribution >= 0.6 is 39.1 Å². The molecule has 0 saturated carbocycles. The molecule has 64 valence electrons. The van der Waals surface area contributed by atoms with Gasteiger partial charge in [-0.3, -0.25) is 0 Å². The smallest absolute Gasteiger partial charge is 0.0664 e. The van der Waals surface area contributed by atoms with Crippen molar-refractivity contribution in [3.05, 3.63) is 39.9 Å². The van der Waals surface area contributed by atoms with Crippen molar-refractivity contribution in [2.75, 3.05) is 5.33 Å². The Balaban J connectivity index is 3.00. The van der Waals surface area contributed by atoms with Crippen molar-refractivity contribution in [1.29, 1.82) is 0 Å². The molecule has 0 aliphatic heterocycles. The fourth-order valence-electron chi connectivity index (χ4n) is 0.821. The van der Waals surface area contributed by atoms with Crippen LogP contribution in [0.15, 0.2) is 24.3 Å². The van der Waals surface area contributed by atoms with Crippen LogP contribution in [0.25, 0.3) is 6.08 Å². The van der Waals surface area contributed by atoms with Crippen LogP contribution in [0.4, 0.5) is 0 Å². The number of rotatable bonds is 2. The second-order valence-electron chi connectivity index (χ2n) is 2.20. The summed E-state index contributed by atoms with van der Waals surface area (Å²) in [6, 6.07) is 5.57. The molecule has 0 saturated heterocycles. The normalized spacial score (nSPS) is 10.9. The summed E-state index contributed by atoms with van der Waals surface area (Å²) < 4.78 is 0. The minimum absolute atomic E-state index is 0.591. The SMILES string of the molecule is Clc1cccc(C=CCBr)c1Cl. The lowest BCUT2D eigenvalue weighted by atomic mass is 10.2.